The first-order chi connectivity index (χ1) is 8.25. The van der Waals surface area contributed by atoms with Gasteiger partial charge in [0.1, 0.15) is 6.23 Å². The van der Waals surface area contributed by atoms with Crippen molar-refractivity contribution >= 4 is 34.2 Å². The minimum absolute atomic E-state index is 0.0750. The molecule has 0 aliphatic carbocycles. The Balaban J connectivity index is 2.07. The highest BCUT2D eigenvalue weighted by molar-refractivity contribution is 6.42. The first-order valence-corrected chi connectivity index (χ1v) is 6.44. The standard InChI is InChI=1S/C12H12Cl2N2O/c13-8-5-10-11(6-9(8)14)16(7-15-10)12-3-1-2-4-17-12/h5-7,12H,1-4H2. The zero-order valence-electron chi connectivity index (χ0n) is 9.20. The second-order valence-electron chi connectivity index (χ2n) is 4.23. The van der Waals surface area contributed by atoms with Crippen LogP contribution in [0.3, 0.4) is 0 Å². The lowest BCUT2D eigenvalue weighted by atomic mass is 10.2. The first kappa shape index (κ1) is 11.3. The van der Waals surface area contributed by atoms with Crippen LogP contribution in [0.5, 0.6) is 0 Å². The minimum Gasteiger partial charge on any atom is -0.358 e. The molecule has 17 heavy (non-hydrogen) atoms. The van der Waals surface area contributed by atoms with Crippen molar-refractivity contribution in [2.75, 3.05) is 6.61 Å². The number of imidazole rings is 1. The van der Waals surface area contributed by atoms with E-state index in [1.807, 2.05) is 10.6 Å². The third kappa shape index (κ3) is 2.03. The molecule has 0 radical (unpaired) electrons. The highest BCUT2D eigenvalue weighted by Crippen LogP contribution is 2.31. The summed E-state index contributed by atoms with van der Waals surface area (Å²) in [6, 6.07) is 3.64. The highest BCUT2D eigenvalue weighted by atomic mass is 35.5. The lowest BCUT2D eigenvalue weighted by molar-refractivity contribution is -0.0295. The van der Waals surface area contributed by atoms with E-state index >= 15 is 0 Å². The van der Waals surface area contributed by atoms with Gasteiger partial charge < -0.3 is 9.30 Å². The fraction of sp³-hybridized carbons (Fsp3) is 0.417. The van der Waals surface area contributed by atoms with E-state index in [0.29, 0.717) is 10.0 Å². The Morgan fingerprint density at radius 1 is 1.24 bits per heavy atom. The number of fused-ring (bicyclic) bond motifs is 1. The van der Waals surface area contributed by atoms with Gasteiger partial charge in [0.05, 0.1) is 27.4 Å². The van der Waals surface area contributed by atoms with Crippen molar-refractivity contribution in [3.05, 3.63) is 28.5 Å². The molecular weight excluding hydrogens is 259 g/mol. The highest BCUT2D eigenvalue weighted by Gasteiger charge is 2.18. The van der Waals surface area contributed by atoms with Crippen LogP contribution < -0.4 is 0 Å². The molecule has 2 heterocycles. The van der Waals surface area contributed by atoms with Crippen LogP contribution in [0.1, 0.15) is 25.5 Å². The van der Waals surface area contributed by atoms with Gasteiger partial charge in [0.15, 0.2) is 0 Å². The van der Waals surface area contributed by atoms with Crippen molar-refractivity contribution in [3.63, 3.8) is 0 Å². The molecule has 90 valence electrons. The molecule has 3 nitrogen and oxygen atoms in total. The Hall–Kier alpha value is -0.770. The Bertz CT molecular complexity index is 547. The number of hydrogen-bond donors (Lipinski definition) is 0. The maximum absolute atomic E-state index is 6.04. The normalized spacial score (nSPS) is 20.9. The minimum atomic E-state index is 0.0750. The number of nitrogens with zero attached hydrogens (tertiary/aromatic N) is 2. The van der Waals surface area contributed by atoms with Crippen molar-refractivity contribution in [2.45, 2.75) is 25.5 Å². The van der Waals surface area contributed by atoms with Gasteiger partial charge in [-0.25, -0.2) is 4.98 Å². The zero-order chi connectivity index (χ0) is 11.8. The smallest absolute Gasteiger partial charge is 0.135 e. The maximum atomic E-state index is 6.04. The van der Waals surface area contributed by atoms with Crippen LogP contribution in [-0.2, 0) is 4.74 Å². The summed E-state index contributed by atoms with van der Waals surface area (Å²) in [5.74, 6) is 0. The summed E-state index contributed by atoms with van der Waals surface area (Å²) in [5.41, 5.74) is 1.83. The zero-order valence-corrected chi connectivity index (χ0v) is 10.7. The summed E-state index contributed by atoms with van der Waals surface area (Å²) < 4.78 is 7.79. The molecule has 0 bridgehead atoms. The van der Waals surface area contributed by atoms with E-state index in [1.54, 1.807) is 12.4 Å². The number of aromatic nitrogens is 2. The Morgan fingerprint density at radius 2 is 2.06 bits per heavy atom. The molecule has 1 atom stereocenters. The number of hydrogen-bond acceptors (Lipinski definition) is 2. The summed E-state index contributed by atoms with van der Waals surface area (Å²) >= 11 is 12.0. The van der Waals surface area contributed by atoms with Crippen molar-refractivity contribution in [3.8, 4) is 0 Å². The van der Waals surface area contributed by atoms with E-state index in [-0.39, 0.29) is 6.23 Å². The van der Waals surface area contributed by atoms with Gasteiger partial charge in [-0.3, -0.25) is 0 Å². The van der Waals surface area contributed by atoms with Gasteiger partial charge in [-0.05, 0) is 31.4 Å². The second kappa shape index (κ2) is 4.48. The molecule has 1 unspecified atom stereocenters. The van der Waals surface area contributed by atoms with E-state index in [2.05, 4.69) is 4.98 Å². The fourth-order valence-corrected chi connectivity index (χ4v) is 2.51. The molecule has 0 amide bonds. The maximum Gasteiger partial charge on any atom is 0.135 e. The van der Waals surface area contributed by atoms with E-state index in [9.17, 15) is 0 Å². The molecular formula is C12H12Cl2N2O. The number of ether oxygens (including phenoxy) is 1. The first-order valence-electron chi connectivity index (χ1n) is 5.69. The Labute approximate surface area is 109 Å². The van der Waals surface area contributed by atoms with Crippen LogP contribution in [-0.4, -0.2) is 16.2 Å². The average Bonchev–Trinajstić information content (AvgIpc) is 2.74. The van der Waals surface area contributed by atoms with Crippen molar-refractivity contribution in [2.24, 2.45) is 0 Å². The molecule has 3 rings (SSSR count). The lowest BCUT2D eigenvalue weighted by Gasteiger charge is -2.24. The van der Waals surface area contributed by atoms with E-state index in [4.69, 9.17) is 27.9 Å². The summed E-state index contributed by atoms with van der Waals surface area (Å²) in [4.78, 5) is 4.34. The largest absolute Gasteiger partial charge is 0.358 e. The van der Waals surface area contributed by atoms with Gasteiger partial charge in [0.25, 0.3) is 0 Å². The van der Waals surface area contributed by atoms with Gasteiger partial charge in [0.2, 0.25) is 0 Å². The topological polar surface area (TPSA) is 27.1 Å². The molecule has 1 saturated heterocycles. The molecule has 1 aromatic heterocycles. The number of halogens is 2. The third-order valence-corrected chi connectivity index (χ3v) is 3.80. The van der Waals surface area contributed by atoms with Gasteiger partial charge >= 0.3 is 0 Å². The van der Waals surface area contributed by atoms with E-state index in [1.165, 1.54) is 6.42 Å². The van der Waals surface area contributed by atoms with E-state index < -0.39 is 0 Å². The molecule has 1 aliphatic rings. The summed E-state index contributed by atoms with van der Waals surface area (Å²) in [5, 5.41) is 1.09. The summed E-state index contributed by atoms with van der Waals surface area (Å²) in [6.07, 6.45) is 5.21. The molecule has 0 N–H and O–H groups in total. The molecule has 0 spiro atoms. The Morgan fingerprint density at radius 3 is 2.82 bits per heavy atom. The van der Waals surface area contributed by atoms with Gasteiger partial charge in [-0.15, -0.1) is 0 Å². The van der Waals surface area contributed by atoms with Gasteiger partial charge in [-0.1, -0.05) is 23.2 Å². The van der Waals surface area contributed by atoms with Crippen LogP contribution in [0.2, 0.25) is 10.0 Å². The van der Waals surface area contributed by atoms with Crippen LogP contribution in [0.25, 0.3) is 11.0 Å². The average molecular weight is 271 g/mol. The number of rotatable bonds is 1. The lowest BCUT2D eigenvalue weighted by Crippen LogP contribution is -2.17. The van der Waals surface area contributed by atoms with Crippen molar-refractivity contribution < 1.29 is 4.74 Å². The second-order valence-corrected chi connectivity index (χ2v) is 5.04. The Kier molecular flexibility index (Phi) is 2.99. The van der Waals surface area contributed by atoms with Crippen LogP contribution in [0, 0.1) is 0 Å². The summed E-state index contributed by atoms with van der Waals surface area (Å²) in [7, 11) is 0. The monoisotopic (exact) mass is 270 g/mol. The molecule has 0 saturated carbocycles. The molecule has 1 aromatic carbocycles. The molecule has 2 aromatic rings. The van der Waals surface area contributed by atoms with Gasteiger partial charge in [0, 0.05) is 6.61 Å². The molecule has 1 fully saturated rings. The van der Waals surface area contributed by atoms with Crippen LogP contribution >= 0.6 is 23.2 Å². The quantitative estimate of drug-likeness (QED) is 0.782. The van der Waals surface area contributed by atoms with Gasteiger partial charge in [-0.2, -0.15) is 0 Å². The van der Waals surface area contributed by atoms with E-state index in [0.717, 1.165) is 30.5 Å². The molecule has 5 heteroatoms. The SMILES string of the molecule is Clc1cc2ncn(C3CCCCO3)c2cc1Cl. The van der Waals surface area contributed by atoms with Crippen molar-refractivity contribution in [1.29, 1.82) is 0 Å². The van der Waals surface area contributed by atoms with Crippen LogP contribution in [0.4, 0.5) is 0 Å². The van der Waals surface area contributed by atoms with Crippen molar-refractivity contribution in [1.82, 2.24) is 9.55 Å². The number of benzene rings is 1. The predicted molar refractivity (Wildman–Crippen MR) is 68.6 cm³/mol. The van der Waals surface area contributed by atoms with Crippen LogP contribution in [0.15, 0.2) is 18.5 Å². The third-order valence-electron chi connectivity index (χ3n) is 3.08. The molecule has 1 aliphatic heterocycles. The predicted octanol–water partition coefficient (Wildman–Crippen LogP) is 4.04. The summed E-state index contributed by atoms with van der Waals surface area (Å²) in [6.45, 7) is 0.811. The fourth-order valence-electron chi connectivity index (χ4n) is 2.20.